The Morgan fingerprint density at radius 2 is 2.11 bits per heavy atom. The monoisotopic (exact) mass is 288 g/mol. The number of alkyl halides is 3. The van der Waals surface area contributed by atoms with Gasteiger partial charge in [-0.1, -0.05) is 23.7 Å². The summed E-state index contributed by atoms with van der Waals surface area (Å²) in [5.41, 5.74) is -0.487. The van der Waals surface area contributed by atoms with Gasteiger partial charge in [0.25, 0.3) is 0 Å². The molecule has 0 saturated carbocycles. The summed E-state index contributed by atoms with van der Waals surface area (Å²) < 4.78 is 37.6. The third-order valence-electron chi connectivity index (χ3n) is 2.51. The van der Waals surface area contributed by atoms with Crippen molar-refractivity contribution < 1.29 is 18.0 Å². The number of ketones is 1. The van der Waals surface area contributed by atoms with Crippen LogP contribution in [0.25, 0.3) is 0 Å². The largest absolute Gasteiger partial charge is 0.416 e. The molecule has 1 heterocycles. The average Bonchev–Trinajstić information content (AvgIpc) is 2.74. The van der Waals surface area contributed by atoms with Gasteiger partial charge in [-0.05, 0) is 12.1 Å². The van der Waals surface area contributed by atoms with Crippen LogP contribution in [0.2, 0.25) is 5.02 Å². The molecule has 2 rings (SSSR count). The van der Waals surface area contributed by atoms with Gasteiger partial charge in [-0.25, -0.2) is 0 Å². The molecular weight excluding hydrogens is 281 g/mol. The predicted octanol–water partition coefficient (Wildman–Crippen LogP) is 3.51. The highest BCUT2D eigenvalue weighted by Gasteiger charge is 2.30. The summed E-state index contributed by atoms with van der Waals surface area (Å²) in [6.45, 7) is 0. The third kappa shape index (κ3) is 3.14. The number of hydrogen-bond acceptors (Lipinski definition) is 2. The minimum Gasteiger partial charge on any atom is -0.294 e. The van der Waals surface area contributed by atoms with Crippen molar-refractivity contribution in [1.29, 1.82) is 0 Å². The van der Waals surface area contributed by atoms with Crippen LogP contribution in [0.4, 0.5) is 13.2 Å². The lowest BCUT2D eigenvalue weighted by atomic mass is 10.0. The lowest BCUT2D eigenvalue weighted by Gasteiger charge is -2.07. The number of Topliss-reactive ketones (excluding diaryl/α,β-unsaturated/α-hetero) is 1. The minimum absolute atomic E-state index is 0.0134. The highest BCUT2D eigenvalue weighted by Crippen LogP contribution is 2.29. The Kier molecular flexibility index (Phi) is 3.61. The van der Waals surface area contributed by atoms with Crippen molar-refractivity contribution in [2.75, 3.05) is 0 Å². The Hall–Kier alpha value is -1.82. The van der Waals surface area contributed by atoms with E-state index in [2.05, 4.69) is 10.2 Å². The van der Waals surface area contributed by atoms with Gasteiger partial charge in [-0.15, -0.1) is 0 Å². The van der Waals surface area contributed by atoms with Crippen LogP contribution in [0.1, 0.15) is 21.6 Å². The number of halogens is 4. The second kappa shape index (κ2) is 5.05. The molecule has 100 valence electrons. The van der Waals surface area contributed by atoms with Crippen molar-refractivity contribution in [2.24, 2.45) is 0 Å². The van der Waals surface area contributed by atoms with E-state index in [0.29, 0.717) is 5.69 Å². The first-order chi connectivity index (χ1) is 8.88. The summed E-state index contributed by atoms with van der Waals surface area (Å²) >= 11 is 5.75. The number of nitrogens with one attached hydrogen (secondary N) is 1. The maximum absolute atomic E-state index is 12.5. The van der Waals surface area contributed by atoms with E-state index < -0.39 is 17.5 Å². The smallest absolute Gasteiger partial charge is 0.294 e. The van der Waals surface area contributed by atoms with Gasteiger partial charge in [0.15, 0.2) is 5.78 Å². The fourth-order valence-corrected chi connectivity index (χ4v) is 1.71. The molecule has 0 aliphatic carbocycles. The quantitative estimate of drug-likeness (QED) is 0.879. The molecule has 19 heavy (non-hydrogen) atoms. The number of carbonyl (C=O) groups excluding carboxylic acids is 1. The van der Waals surface area contributed by atoms with Crippen molar-refractivity contribution in [3.8, 4) is 0 Å². The van der Waals surface area contributed by atoms with Crippen LogP contribution in [-0.4, -0.2) is 16.0 Å². The summed E-state index contributed by atoms with van der Waals surface area (Å²) in [7, 11) is 0. The van der Waals surface area contributed by atoms with Crippen LogP contribution < -0.4 is 0 Å². The predicted molar refractivity (Wildman–Crippen MR) is 63.1 cm³/mol. The standard InChI is InChI=1S/C12H8ClF3N2O/c13-9-6-17-18-10(9)5-11(19)7-2-1-3-8(4-7)12(14,15)16/h1-4,6H,5H2,(H,17,18). The molecule has 0 unspecified atom stereocenters. The van der Waals surface area contributed by atoms with Gasteiger partial charge in [0.2, 0.25) is 0 Å². The van der Waals surface area contributed by atoms with Crippen LogP contribution in [0, 0.1) is 0 Å². The van der Waals surface area contributed by atoms with E-state index in [4.69, 9.17) is 11.6 Å². The number of carbonyl (C=O) groups is 1. The molecule has 0 fully saturated rings. The molecule has 3 nitrogen and oxygen atoms in total. The van der Waals surface area contributed by atoms with Crippen molar-refractivity contribution in [1.82, 2.24) is 10.2 Å². The summed E-state index contributed by atoms with van der Waals surface area (Å²) in [5.74, 6) is -0.461. The lowest BCUT2D eigenvalue weighted by Crippen LogP contribution is -2.09. The van der Waals surface area contributed by atoms with Gasteiger partial charge in [0.1, 0.15) is 0 Å². The van der Waals surface area contributed by atoms with Gasteiger partial charge in [0.05, 0.1) is 28.9 Å². The molecule has 1 aromatic carbocycles. The Labute approximate surface area is 111 Å². The Bertz CT molecular complexity index is 607. The fourth-order valence-electron chi connectivity index (χ4n) is 1.55. The van der Waals surface area contributed by atoms with Crippen LogP contribution in [-0.2, 0) is 12.6 Å². The van der Waals surface area contributed by atoms with Gasteiger partial charge >= 0.3 is 6.18 Å². The summed E-state index contributed by atoms with van der Waals surface area (Å²) in [5, 5.41) is 6.44. The molecule has 7 heteroatoms. The fraction of sp³-hybridized carbons (Fsp3) is 0.167. The van der Waals surface area contributed by atoms with Crippen LogP contribution >= 0.6 is 11.6 Å². The normalized spacial score (nSPS) is 11.6. The zero-order valence-electron chi connectivity index (χ0n) is 9.46. The topological polar surface area (TPSA) is 45.8 Å². The van der Waals surface area contributed by atoms with E-state index in [9.17, 15) is 18.0 Å². The number of nitrogens with zero attached hydrogens (tertiary/aromatic N) is 1. The third-order valence-corrected chi connectivity index (χ3v) is 2.84. The first kappa shape index (κ1) is 13.6. The van der Waals surface area contributed by atoms with Crippen LogP contribution in [0.15, 0.2) is 30.5 Å². The van der Waals surface area contributed by atoms with Crippen molar-refractivity contribution in [2.45, 2.75) is 12.6 Å². The molecule has 1 N–H and O–H groups in total. The molecule has 0 aliphatic heterocycles. The van der Waals surface area contributed by atoms with E-state index >= 15 is 0 Å². The number of hydrogen-bond donors (Lipinski definition) is 1. The van der Waals surface area contributed by atoms with E-state index in [1.165, 1.54) is 18.3 Å². The SMILES string of the molecule is O=C(Cc1[nH]ncc1Cl)c1cccc(C(F)(F)F)c1. The first-order valence-electron chi connectivity index (χ1n) is 5.26. The maximum atomic E-state index is 12.5. The number of aromatic amines is 1. The molecule has 0 radical (unpaired) electrons. The van der Waals surface area contributed by atoms with Gasteiger partial charge in [-0.3, -0.25) is 9.89 Å². The zero-order valence-corrected chi connectivity index (χ0v) is 10.2. The maximum Gasteiger partial charge on any atom is 0.416 e. The average molecular weight is 289 g/mol. The molecule has 0 spiro atoms. The van der Waals surface area contributed by atoms with Crippen molar-refractivity contribution in [3.05, 3.63) is 52.3 Å². The minimum atomic E-state index is -4.47. The molecular formula is C12H8ClF3N2O. The first-order valence-corrected chi connectivity index (χ1v) is 5.64. The number of benzene rings is 1. The molecule has 0 atom stereocenters. The second-order valence-electron chi connectivity index (χ2n) is 3.88. The number of H-pyrrole nitrogens is 1. The Balaban J connectivity index is 2.23. The molecule has 0 aliphatic rings. The van der Waals surface area contributed by atoms with Crippen molar-refractivity contribution >= 4 is 17.4 Å². The summed E-state index contributed by atoms with van der Waals surface area (Å²) in [4.78, 5) is 11.9. The van der Waals surface area contributed by atoms with E-state index in [-0.39, 0.29) is 17.0 Å². The Morgan fingerprint density at radius 3 is 2.68 bits per heavy atom. The van der Waals surface area contributed by atoms with Gasteiger partial charge in [-0.2, -0.15) is 18.3 Å². The molecule has 2 aromatic rings. The lowest BCUT2D eigenvalue weighted by molar-refractivity contribution is -0.137. The van der Waals surface area contributed by atoms with Crippen LogP contribution in [0.5, 0.6) is 0 Å². The molecule has 0 saturated heterocycles. The van der Waals surface area contributed by atoms with Gasteiger partial charge in [0, 0.05) is 5.56 Å². The molecule has 1 aromatic heterocycles. The summed E-state index contributed by atoms with van der Waals surface area (Å²) in [6, 6.07) is 4.28. The van der Waals surface area contributed by atoms with E-state index in [0.717, 1.165) is 12.1 Å². The highest BCUT2D eigenvalue weighted by atomic mass is 35.5. The number of rotatable bonds is 3. The number of aromatic nitrogens is 2. The highest BCUT2D eigenvalue weighted by molar-refractivity contribution is 6.31. The molecule has 0 bridgehead atoms. The zero-order chi connectivity index (χ0) is 14.0. The van der Waals surface area contributed by atoms with Gasteiger partial charge < -0.3 is 0 Å². The van der Waals surface area contributed by atoms with E-state index in [1.54, 1.807) is 0 Å². The van der Waals surface area contributed by atoms with Crippen LogP contribution in [0.3, 0.4) is 0 Å². The molecule has 0 amide bonds. The Morgan fingerprint density at radius 1 is 1.37 bits per heavy atom. The second-order valence-corrected chi connectivity index (χ2v) is 4.28. The van der Waals surface area contributed by atoms with Crippen molar-refractivity contribution in [3.63, 3.8) is 0 Å². The van der Waals surface area contributed by atoms with E-state index in [1.807, 2.05) is 0 Å². The summed E-state index contributed by atoms with van der Waals surface area (Å²) in [6.07, 6.45) is -3.27.